The zero-order valence-corrected chi connectivity index (χ0v) is 17.7. The van der Waals surface area contributed by atoms with E-state index in [9.17, 15) is 4.79 Å². The number of amides is 1. The third-order valence-electron chi connectivity index (χ3n) is 5.53. The first kappa shape index (κ1) is 20.0. The van der Waals surface area contributed by atoms with Crippen LogP contribution < -0.4 is 20.9 Å². The molecule has 2 aliphatic heterocycles. The van der Waals surface area contributed by atoms with Gasteiger partial charge in [-0.3, -0.25) is 4.79 Å². The van der Waals surface area contributed by atoms with E-state index in [1.807, 2.05) is 43.5 Å². The first-order chi connectivity index (χ1) is 15.7. The highest BCUT2D eigenvalue weighted by Gasteiger charge is 2.22. The lowest BCUT2D eigenvalue weighted by Gasteiger charge is -2.29. The van der Waals surface area contributed by atoms with Gasteiger partial charge in [0.1, 0.15) is 11.6 Å². The number of nitrogens with one attached hydrogen (secondary N) is 2. The summed E-state index contributed by atoms with van der Waals surface area (Å²) in [4.78, 5) is 24.0. The highest BCUT2D eigenvalue weighted by atomic mass is 16.5. The summed E-state index contributed by atoms with van der Waals surface area (Å²) < 4.78 is 5.43. The van der Waals surface area contributed by atoms with Crippen LogP contribution in [0.1, 0.15) is 15.9 Å². The molecule has 1 aromatic carbocycles. The number of pyridine rings is 2. The Morgan fingerprint density at radius 2 is 1.88 bits per heavy atom. The Balaban J connectivity index is 1.48. The second kappa shape index (κ2) is 8.68. The molecule has 1 saturated heterocycles. The number of carbonyl (C=O) groups is 1. The van der Waals surface area contributed by atoms with Crippen molar-refractivity contribution < 1.29 is 9.53 Å². The number of hydrogen-bond acceptors (Lipinski definition) is 7. The average Bonchev–Trinajstić information content (AvgIpc) is 2.85. The number of fused-ring (bicyclic) bond motifs is 1. The van der Waals surface area contributed by atoms with Gasteiger partial charge in [-0.15, -0.1) is 0 Å². The third-order valence-corrected chi connectivity index (χ3v) is 5.53. The number of morpholine rings is 1. The summed E-state index contributed by atoms with van der Waals surface area (Å²) in [6, 6.07) is 13.9. The monoisotopic (exact) mass is 427 g/mol. The third kappa shape index (κ3) is 4.00. The Hall–Kier alpha value is -3.91. The fourth-order valence-corrected chi connectivity index (χ4v) is 3.82. The Labute approximate surface area is 186 Å². The van der Waals surface area contributed by atoms with Crippen molar-refractivity contribution in [3.63, 3.8) is 0 Å². The first-order valence-corrected chi connectivity index (χ1v) is 10.5. The smallest absolute Gasteiger partial charge is 0.281 e. The van der Waals surface area contributed by atoms with Gasteiger partial charge in [-0.05, 0) is 54.1 Å². The second-order valence-electron chi connectivity index (χ2n) is 7.52. The summed E-state index contributed by atoms with van der Waals surface area (Å²) in [6.45, 7) is 3.25. The lowest BCUT2D eigenvalue weighted by atomic mass is 10.0. The van der Waals surface area contributed by atoms with E-state index in [1.165, 1.54) is 6.20 Å². The molecule has 0 unspecified atom stereocenters. The van der Waals surface area contributed by atoms with Crippen molar-refractivity contribution in [3.05, 3.63) is 66.0 Å². The molecular weight excluding hydrogens is 404 g/mol. The maximum atomic E-state index is 12.6. The number of hydrogen-bond donors (Lipinski definition) is 2. The SMILES string of the molecule is CNc1ccc(-c2cc3c(c(Nc4ccc(N5CCOCC5)cc4)n2)C(=O)[N]C=C3)cn1. The summed E-state index contributed by atoms with van der Waals surface area (Å²) in [5.41, 5.74) is 4.83. The van der Waals surface area contributed by atoms with Crippen LogP contribution in [0.4, 0.5) is 23.0 Å². The van der Waals surface area contributed by atoms with Crippen molar-refractivity contribution in [2.75, 3.05) is 48.9 Å². The lowest BCUT2D eigenvalue weighted by Crippen LogP contribution is -2.36. The molecule has 2 N–H and O–H groups in total. The topological polar surface area (TPSA) is 93.5 Å². The Kier molecular flexibility index (Phi) is 5.43. The molecule has 2 aromatic heterocycles. The molecule has 2 aliphatic rings. The van der Waals surface area contributed by atoms with Crippen molar-refractivity contribution in [3.8, 4) is 11.3 Å². The fraction of sp³-hybridized carbons (Fsp3) is 0.208. The summed E-state index contributed by atoms with van der Waals surface area (Å²) >= 11 is 0. The average molecular weight is 427 g/mol. The van der Waals surface area contributed by atoms with E-state index in [2.05, 4.69) is 38.0 Å². The Bertz CT molecular complexity index is 1150. The predicted molar refractivity (Wildman–Crippen MR) is 125 cm³/mol. The van der Waals surface area contributed by atoms with Crippen LogP contribution in [0.15, 0.2) is 54.9 Å². The van der Waals surface area contributed by atoms with Gasteiger partial charge in [0.2, 0.25) is 0 Å². The van der Waals surface area contributed by atoms with Crippen molar-refractivity contribution >= 4 is 35.0 Å². The highest BCUT2D eigenvalue weighted by Crippen LogP contribution is 2.31. The molecule has 4 heterocycles. The van der Waals surface area contributed by atoms with Crippen LogP contribution >= 0.6 is 0 Å². The summed E-state index contributed by atoms with van der Waals surface area (Å²) in [5.74, 6) is 0.948. The number of benzene rings is 1. The van der Waals surface area contributed by atoms with Gasteiger partial charge in [0.25, 0.3) is 5.91 Å². The van der Waals surface area contributed by atoms with Crippen molar-refractivity contribution in [1.82, 2.24) is 15.3 Å². The van der Waals surface area contributed by atoms with Gasteiger partial charge in [0.15, 0.2) is 0 Å². The molecule has 0 spiro atoms. The van der Waals surface area contributed by atoms with E-state index in [-0.39, 0.29) is 5.91 Å². The zero-order chi connectivity index (χ0) is 21.9. The maximum Gasteiger partial charge on any atom is 0.281 e. The van der Waals surface area contributed by atoms with Crippen LogP contribution in [-0.4, -0.2) is 49.2 Å². The molecule has 1 radical (unpaired) electrons. The minimum atomic E-state index is -0.308. The Morgan fingerprint density at radius 3 is 2.59 bits per heavy atom. The fourth-order valence-electron chi connectivity index (χ4n) is 3.82. The molecular formula is C24H23N6O2. The minimum absolute atomic E-state index is 0.308. The summed E-state index contributed by atoms with van der Waals surface area (Å²) in [6.07, 6.45) is 5.11. The first-order valence-electron chi connectivity index (χ1n) is 10.5. The molecule has 1 amide bonds. The summed E-state index contributed by atoms with van der Waals surface area (Å²) in [5, 5.41) is 10.3. The van der Waals surface area contributed by atoms with Crippen LogP contribution in [0, 0.1) is 0 Å². The normalized spacial score (nSPS) is 15.2. The van der Waals surface area contributed by atoms with Crippen LogP contribution in [0.25, 0.3) is 17.3 Å². The largest absolute Gasteiger partial charge is 0.378 e. The molecule has 8 nitrogen and oxygen atoms in total. The molecule has 0 saturated carbocycles. The number of carbonyl (C=O) groups excluding carboxylic acids is 1. The van der Waals surface area contributed by atoms with Gasteiger partial charge in [-0.1, -0.05) is 0 Å². The van der Waals surface area contributed by atoms with Gasteiger partial charge in [-0.2, -0.15) is 0 Å². The molecule has 161 valence electrons. The number of anilines is 4. The molecule has 1 fully saturated rings. The molecule has 0 atom stereocenters. The van der Waals surface area contributed by atoms with Crippen LogP contribution in [0.3, 0.4) is 0 Å². The van der Waals surface area contributed by atoms with E-state index in [0.717, 1.165) is 60.3 Å². The predicted octanol–water partition coefficient (Wildman–Crippen LogP) is 3.49. The molecule has 3 aromatic rings. The highest BCUT2D eigenvalue weighted by molar-refractivity contribution is 6.05. The van der Waals surface area contributed by atoms with Crippen LogP contribution in [0.5, 0.6) is 0 Å². The van der Waals surface area contributed by atoms with E-state index in [0.29, 0.717) is 11.4 Å². The number of ether oxygens (including phenoxy) is 1. The molecule has 8 heteroatoms. The van der Waals surface area contributed by atoms with Crippen molar-refractivity contribution in [2.45, 2.75) is 0 Å². The second-order valence-corrected chi connectivity index (χ2v) is 7.52. The lowest BCUT2D eigenvalue weighted by molar-refractivity contribution is 0.0965. The number of rotatable bonds is 5. The van der Waals surface area contributed by atoms with Gasteiger partial charge in [0, 0.05) is 49.5 Å². The van der Waals surface area contributed by atoms with Gasteiger partial charge in [0.05, 0.1) is 24.5 Å². The molecule has 5 rings (SSSR count). The van der Waals surface area contributed by atoms with Crippen molar-refractivity contribution in [1.29, 1.82) is 0 Å². The van der Waals surface area contributed by atoms with Crippen LogP contribution in [-0.2, 0) is 4.74 Å². The quantitative estimate of drug-likeness (QED) is 0.644. The maximum absolute atomic E-state index is 12.6. The Morgan fingerprint density at radius 1 is 1.06 bits per heavy atom. The minimum Gasteiger partial charge on any atom is -0.378 e. The van der Waals surface area contributed by atoms with E-state index < -0.39 is 0 Å². The van der Waals surface area contributed by atoms with Gasteiger partial charge >= 0.3 is 0 Å². The van der Waals surface area contributed by atoms with Gasteiger partial charge < -0.3 is 20.3 Å². The van der Waals surface area contributed by atoms with Crippen LogP contribution in [0.2, 0.25) is 0 Å². The van der Waals surface area contributed by atoms with E-state index >= 15 is 0 Å². The van der Waals surface area contributed by atoms with Gasteiger partial charge in [-0.25, -0.2) is 15.3 Å². The standard InChI is InChI=1S/C24H23N6O2/c1-25-21-7-2-17(15-27-21)20-14-16-8-9-26-24(31)22(16)23(29-20)28-18-3-5-19(6-4-18)30-10-12-32-13-11-30/h2-9,14-15H,10-13H2,1H3,(H,25,27)(H,28,29). The van der Waals surface area contributed by atoms with E-state index in [4.69, 9.17) is 9.72 Å². The molecule has 0 aliphatic carbocycles. The number of aromatic nitrogens is 2. The molecule has 0 bridgehead atoms. The summed E-state index contributed by atoms with van der Waals surface area (Å²) in [7, 11) is 1.82. The van der Waals surface area contributed by atoms with E-state index in [1.54, 1.807) is 6.20 Å². The number of nitrogens with zero attached hydrogens (tertiary/aromatic N) is 4. The van der Waals surface area contributed by atoms with Crippen molar-refractivity contribution in [2.24, 2.45) is 0 Å². The molecule has 32 heavy (non-hydrogen) atoms. The zero-order valence-electron chi connectivity index (χ0n) is 17.7.